The molecule has 154 valence electrons. The van der Waals surface area contributed by atoms with Crippen LogP contribution in [0.3, 0.4) is 0 Å². The maximum atomic E-state index is 3.49. The molecule has 1 aliphatic heterocycles. The molecule has 3 aromatic rings. The van der Waals surface area contributed by atoms with E-state index in [2.05, 4.69) is 78.0 Å². The molecule has 28 heavy (non-hydrogen) atoms. The number of benzene rings is 2. The number of hydrogen-bond acceptors (Lipinski definition) is 2. The van der Waals surface area contributed by atoms with Gasteiger partial charge in [0.25, 0.3) is 0 Å². The third-order valence-electron chi connectivity index (χ3n) is 5.78. The lowest BCUT2D eigenvalue weighted by Gasteiger charge is -2.36. The third-order valence-corrected chi connectivity index (χ3v) is 5.78. The second-order valence-electron chi connectivity index (χ2n) is 7.97. The van der Waals surface area contributed by atoms with Crippen LogP contribution in [0.1, 0.15) is 38.8 Å². The second-order valence-corrected chi connectivity index (χ2v) is 7.97. The number of fused-ring (bicyclic) bond motifs is 3. The minimum Gasteiger partial charge on any atom is -0.341 e. The van der Waals surface area contributed by atoms with Crippen LogP contribution in [0.5, 0.6) is 0 Å². The quantitative estimate of drug-likeness (QED) is 0.573. The van der Waals surface area contributed by atoms with Crippen LogP contribution in [0, 0.1) is 5.92 Å². The van der Waals surface area contributed by atoms with E-state index in [-0.39, 0.29) is 24.8 Å². The summed E-state index contributed by atoms with van der Waals surface area (Å²) in [6, 6.07) is 16.6. The van der Waals surface area contributed by atoms with Gasteiger partial charge in [-0.05, 0) is 43.0 Å². The molecule has 1 aromatic heterocycles. The topological polar surface area (TPSA) is 20.2 Å². The van der Waals surface area contributed by atoms with Gasteiger partial charge >= 0.3 is 0 Å². The lowest BCUT2D eigenvalue weighted by Crippen LogP contribution is -2.45. The van der Waals surface area contributed by atoms with E-state index in [1.165, 1.54) is 33.8 Å². The normalized spacial score (nSPS) is 16.1. The van der Waals surface area contributed by atoms with Crippen LogP contribution in [-0.2, 0) is 6.54 Å². The number of hydrogen-bond donors (Lipinski definition) is 1. The van der Waals surface area contributed by atoms with Crippen molar-refractivity contribution in [3.8, 4) is 0 Å². The summed E-state index contributed by atoms with van der Waals surface area (Å²) >= 11 is 0. The molecule has 1 saturated heterocycles. The second kappa shape index (κ2) is 9.98. The minimum absolute atomic E-state index is 0. The fraction of sp³-hybridized carbons (Fsp3) is 0.478. The Balaban J connectivity index is 0.00000140. The summed E-state index contributed by atoms with van der Waals surface area (Å²) in [7, 11) is 0. The van der Waals surface area contributed by atoms with Crippen LogP contribution in [0.4, 0.5) is 0 Å². The van der Waals surface area contributed by atoms with Gasteiger partial charge in [-0.2, -0.15) is 0 Å². The summed E-state index contributed by atoms with van der Waals surface area (Å²) in [5.74, 6) is 0.697. The molecular weight excluding hydrogens is 389 g/mol. The number of nitrogens with one attached hydrogen (secondary N) is 1. The Morgan fingerprint density at radius 1 is 0.929 bits per heavy atom. The van der Waals surface area contributed by atoms with Crippen LogP contribution in [0.2, 0.25) is 0 Å². The van der Waals surface area contributed by atoms with Crippen molar-refractivity contribution in [1.82, 2.24) is 14.8 Å². The monoisotopic (exact) mass is 421 g/mol. The number of nitrogens with zero attached hydrogens (tertiary/aromatic N) is 2. The van der Waals surface area contributed by atoms with Crippen molar-refractivity contribution in [3.05, 3.63) is 48.0 Å². The molecule has 1 aliphatic rings. The summed E-state index contributed by atoms with van der Waals surface area (Å²) in [4.78, 5) is 2.68. The van der Waals surface area contributed by atoms with E-state index >= 15 is 0 Å². The molecule has 2 aromatic carbocycles. The van der Waals surface area contributed by atoms with Crippen LogP contribution < -0.4 is 5.32 Å². The molecule has 0 spiro atoms. The predicted molar refractivity (Wildman–Crippen MR) is 126 cm³/mol. The first-order chi connectivity index (χ1) is 12.7. The zero-order valence-electron chi connectivity index (χ0n) is 17.1. The van der Waals surface area contributed by atoms with Crippen molar-refractivity contribution in [1.29, 1.82) is 0 Å². The highest BCUT2D eigenvalue weighted by Gasteiger charge is 2.24. The Morgan fingerprint density at radius 3 is 2.29 bits per heavy atom. The molecule has 0 saturated carbocycles. The maximum absolute atomic E-state index is 3.49. The number of aryl methyl sites for hydroxylation is 1. The maximum Gasteiger partial charge on any atom is 0.0491 e. The summed E-state index contributed by atoms with van der Waals surface area (Å²) in [6.07, 6.45) is 1.22. The van der Waals surface area contributed by atoms with Gasteiger partial charge in [0.2, 0.25) is 0 Å². The van der Waals surface area contributed by atoms with E-state index in [4.69, 9.17) is 0 Å². The number of para-hydroxylation sites is 1. The number of halogens is 2. The molecule has 2 heterocycles. The molecule has 0 bridgehead atoms. The van der Waals surface area contributed by atoms with Crippen molar-refractivity contribution in [2.24, 2.45) is 5.92 Å². The fourth-order valence-corrected chi connectivity index (χ4v) is 4.56. The Labute approximate surface area is 181 Å². The van der Waals surface area contributed by atoms with E-state index < -0.39 is 0 Å². The average molecular weight is 422 g/mol. The predicted octanol–water partition coefficient (Wildman–Crippen LogP) is 5.65. The number of aromatic nitrogens is 1. The molecule has 1 atom stereocenters. The minimum atomic E-state index is 0. The van der Waals surface area contributed by atoms with Crippen molar-refractivity contribution in [3.63, 3.8) is 0 Å². The van der Waals surface area contributed by atoms with Gasteiger partial charge in [-0.3, -0.25) is 4.90 Å². The summed E-state index contributed by atoms with van der Waals surface area (Å²) < 4.78 is 2.44. The van der Waals surface area contributed by atoms with Gasteiger partial charge in [0.15, 0.2) is 0 Å². The lowest BCUT2D eigenvalue weighted by molar-refractivity contribution is 0.154. The largest absolute Gasteiger partial charge is 0.341 e. The standard InChI is InChI=1S/C23H31N3.2ClH/c1-4-26-21-8-6-5-7-19(21)20-16-18(9-10-22(20)26)23(15-17(2)3)25-13-11-24-12-14-25;;/h5-10,16-17,23-24H,4,11-15H2,1-3H3;2*1H/t23-;;/m0../s1. The highest BCUT2D eigenvalue weighted by atomic mass is 35.5. The molecule has 4 rings (SSSR count). The Kier molecular flexibility index (Phi) is 8.20. The van der Waals surface area contributed by atoms with Gasteiger partial charge in [-0.15, -0.1) is 24.8 Å². The summed E-state index contributed by atoms with van der Waals surface area (Å²) in [6.45, 7) is 12.4. The van der Waals surface area contributed by atoms with Gasteiger partial charge in [0, 0.05) is 60.6 Å². The van der Waals surface area contributed by atoms with Gasteiger partial charge in [0.1, 0.15) is 0 Å². The molecule has 5 heteroatoms. The van der Waals surface area contributed by atoms with Crippen LogP contribution in [0.15, 0.2) is 42.5 Å². The van der Waals surface area contributed by atoms with Crippen LogP contribution >= 0.6 is 24.8 Å². The van der Waals surface area contributed by atoms with E-state index in [0.29, 0.717) is 12.0 Å². The lowest BCUT2D eigenvalue weighted by atomic mass is 9.94. The van der Waals surface area contributed by atoms with Crippen molar-refractivity contribution in [2.45, 2.75) is 39.8 Å². The Hall–Kier alpha value is -1.26. The highest BCUT2D eigenvalue weighted by Crippen LogP contribution is 2.34. The molecule has 1 fully saturated rings. The molecule has 3 nitrogen and oxygen atoms in total. The smallest absolute Gasteiger partial charge is 0.0491 e. The number of piperazine rings is 1. The third kappa shape index (κ3) is 4.33. The summed E-state index contributed by atoms with van der Waals surface area (Å²) in [5, 5.41) is 6.28. The SMILES string of the molecule is CCn1c2ccccc2c2cc([C@H](CC(C)C)N3CCNCC3)ccc21.Cl.Cl. The summed E-state index contributed by atoms with van der Waals surface area (Å²) in [5.41, 5.74) is 4.19. The van der Waals surface area contributed by atoms with Crippen molar-refractivity contribution < 1.29 is 0 Å². The first-order valence-electron chi connectivity index (χ1n) is 10.1. The first kappa shape index (κ1) is 23.0. The van der Waals surface area contributed by atoms with E-state index in [1.54, 1.807) is 0 Å². The van der Waals surface area contributed by atoms with E-state index in [9.17, 15) is 0 Å². The fourth-order valence-electron chi connectivity index (χ4n) is 4.56. The molecular formula is C23H33Cl2N3. The van der Waals surface area contributed by atoms with E-state index in [1.807, 2.05) is 0 Å². The average Bonchev–Trinajstić information content (AvgIpc) is 2.99. The van der Waals surface area contributed by atoms with Gasteiger partial charge in [-0.1, -0.05) is 38.1 Å². The van der Waals surface area contributed by atoms with Crippen LogP contribution in [-0.4, -0.2) is 35.6 Å². The van der Waals surface area contributed by atoms with E-state index in [0.717, 1.165) is 32.7 Å². The Bertz CT molecular complexity index is 897. The Morgan fingerprint density at radius 2 is 1.61 bits per heavy atom. The van der Waals surface area contributed by atoms with Gasteiger partial charge in [-0.25, -0.2) is 0 Å². The van der Waals surface area contributed by atoms with Gasteiger partial charge < -0.3 is 9.88 Å². The molecule has 1 N–H and O–H groups in total. The molecule has 0 aliphatic carbocycles. The van der Waals surface area contributed by atoms with Crippen molar-refractivity contribution >= 4 is 46.6 Å². The zero-order chi connectivity index (χ0) is 18.1. The van der Waals surface area contributed by atoms with Gasteiger partial charge in [0.05, 0.1) is 0 Å². The molecule has 0 amide bonds. The number of rotatable bonds is 5. The highest BCUT2D eigenvalue weighted by molar-refractivity contribution is 6.08. The van der Waals surface area contributed by atoms with Crippen molar-refractivity contribution in [2.75, 3.05) is 26.2 Å². The van der Waals surface area contributed by atoms with Crippen LogP contribution in [0.25, 0.3) is 21.8 Å². The molecule has 0 unspecified atom stereocenters. The molecule has 0 radical (unpaired) electrons. The first-order valence-corrected chi connectivity index (χ1v) is 10.1. The zero-order valence-corrected chi connectivity index (χ0v) is 18.8.